The first kappa shape index (κ1) is 9.99. The van der Waals surface area contributed by atoms with Crippen LogP contribution in [0.25, 0.3) is 0 Å². The van der Waals surface area contributed by atoms with Crippen molar-refractivity contribution in [3.8, 4) is 0 Å². The molecule has 1 saturated heterocycles. The largest absolute Gasteiger partial charge is 0.297 e. The normalized spacial score (nSPS) is 21.6. The number of nitrogens with one attached hydrogen (secondary N) is 1. The lowest BCUT2D eigenvalue weighted by molar-refractivity contribution is 0.323. The van der Waals surface area contributed by atoms with Crippen LogP contribution in [-0.2, 0) is 6.54 Å². The molecule has 3 heterocycles. The van der Waals surface area contributed by atoms with Crippen molar-refractivity contribution in [2.24, 2.45) is 0 Å². The van der Waals surface area contributed by atoms with E-state index in [2.05, 4.69) is 31.5 Å². The molecular formula is C11H14N4S. The highest BCUT2D eigenvalue weighted by Gasteiger charge is 2.24. The Kier molecular flexibility index (Phi) is 2.71. The second-order valence-electron chi connectivity index (χ2n) is 4.21. The minimum absolute atomic E-state index is 0.612. The Hall–Kier alpha value is -1.20. The maximum atomic E-state index is 4.32. The molecule has 0 aliphatic carbocycles. The summed E-state index contributed by atoms with van der Waals surface area (Å²) in [5, 5.41) is 9.21. The summed E-state index contributed by atoms with van der Waals surface area (Å²) in [6, 6.07) is 2.08. The van der Waals surface area contributed by atoms with Crippen LogP contribution in [-0.4, -0.2) is 33.2 Å². The van der Waals surface area contributed by atoms with E-state index in [0.717, 1.165) is 19.6 Å². The van der Waals surface area contributed by atoms with Crippen molar-refractivity contribution in [3.63, 3.8) is 0 Å². The summed E-state index contributed by atoms with van der Waals surface area (Å²) >= 11 is 1.67. The Balaban J connectivity index is 1.61. The van der Waals surface area contributed by atoms with Gasteiger partial charge in [-0.1, -0.05) is 0 Å². The van der Waals surface area contributed by atoms with Crippen molar-refractivity contribution >= 4 is 11.3 Å². The van der Waals surface area contributed by atoms with Gasteiger partial charge < -0.3 is 0 Å². The zero-order chi connectivity index (χ0) is 10.8. The number of aromatic amines is 1. The molecule has 3 rings (SSSR count). The lowest BCUT2D eigenvalue weighted by Crippen LogP contribution is -2.19. The number of nitrogens with zero attached hydrogens (tertiary/aromatic N) is 3. The van der Waals surface area contributed by atoms with Gasteiger partial charge in [0.1, 0.15) is 0 Å². The van der Waals surface area contributed by atoms with Crippen molar-refractivity contribution in [1.82, 2.24) is 20.1 Å². The summed E-state index contributed by atoms with van der Waals surface area (Å²) in [6.45, 7) is 3.25. The zero-order valence-corrected chi connectivity index (χ0v) is 9.78. The molecule has 0 spiro atoms. The lowest BCUT2D eigenvalue weighted by Gasteiger charge is -2.13. The molecular weight excluding hydrogens is 220 g/mol. The van der Waals surface area contributed by atoms with Crippen molar-refractivity contribution in [3.05, 3.63) is 34.5 Å². The summed E-state index contributed by atoms with van der Waals surface area (Å²) in [6.07, 6.45) is 3.05. The van der Waals surface area contributed by atoms with Crippen LogP contribution in [0.2, 0.25) is 0 Å². The predicted molar refractivity (Wildman–Crippen MR) is 63.3 cm³/mol. The number of hydrogen-bond acceptors (Lipinski definition) is 4. The second-order valence-corrected chi connectivity index (χ2v) is 4.93. The molecule has 1 atom stereocenters. The molecule has 1 aliphatic rings. The van der Waals surface area contributed by atoms with E-state index < -0.39 is 0 Å². The van der Waals surface area contributed by atoms with E-state index in [1.807, 2.05) is 11.7 Å². The van der Waals surface area contributed by atoms with Crippen LogP contribution in [0.3, 0.4) is 0 Å². The van der Waals surface area contributed by atoms with Gasteiger partial charge in [-0.05, 0) is 19.0 Å². The van der Waals surface area contributed by atoms with E-state index in [0.29, 0.717) is 5.92 Å². The number of thiazole rings is 1. The van der Waals surface area contributed by atoms with Gasteiger partial charge >= 0.3 is 0 Å². The fourth-order valence-electron chi connectivity index (χ4n) is 2.27. The van der Waals surface area contributed by atoms with Gasteiger partial charge in [-0.25, -0.2) is 4.98 Å². The molecule has 0 unspecified atom stereocenters. The Morgan fingerprint density at radius 1 is 1.56 bits per heavy atom. The molecule has 1 fully saturated rings. The van der Waals surface area contributed by atoms with Gasteiger partial charge in [-0.3, -0.25) is 10.00 Å². The minimum atomic E-state index is 0.612. The van der Waals surface area contributed by atoms with Crippen LogP contribution in [0.4, 0.5) is 0 Å². The fraction of sp³-hybridized carbons (Fsp3) is 0.455. The van der Waals surface area contributed by atoms with Crippen LogP contribution in [0.1, 0.15) is 23.7 Å². The van der Waals surface area contributed by atoms with E-state index in [-0.39, 0.29) is 0 Å². The maximum Gasteiger partial charge on any atom is 0.0795 e. The molecule has 16 heavy (non-hydrogen) atoms. The Bertz CT molecular complexity index is 423. The van der Waals surface area contributed by atoms with Crippen LogP contribution in [0.5, 0.6) is 0 Å². The third-order valence-electron chi connectivity index (χ3n) is 3.10. The summed E-state index contributed by atoms with van der Waals surface area (Å²) in [7, 11) is 0. The van der Waals surface area contributed by atoms with Gasteiger partial charge in [0.15, 0.2) is 0 Å². The Morgan fingerprint density at radius 2 is 2.56 bits per heavy atom. The van der Waals surface area contributed by atoms with E-state index in [4.69, 9.17) is 0 Å². The van der Waals surface area contributed by atoms with Crippen molar-refractivity contribution in [2.75, 3.05) is 13.1 Å². The van der Waals surface area contributed by atoms with E-state index >= 15 is 0 Å². The zero-order valence-electron chi connectivity index (χ0n) is 8.97. The maximum absolute atomic E-state index is 4.32. The van der Waals surface area contributed by atoms with Crippen molar-refractivity contribution in [2.45, 2.75) is 18.9 Å². The summed E-state index contributed by atoms with van der Waals surface area (Å²) in [5.41, 5.74) is 4.36. The van der Waals surface area contributed by atoms with Crippen molar-refractivity contribution in [1.29, 1.82) is 0 Å². The summed E-state index contributed by atoms with van der Waals surface area (Å²) in [5.74, 6) is 0.612. The first-order chi connectivity index (χ1) is 7.92. The van der Waals surface area contributed by atoms with Gasteiger partial charge in [0.05, 0.1) is 11.2 Å². The molecule has 0 amide bonds. The lowest BCUT2D eigenvalue weighted by atomic mass is 10.1. The summed E-state index contributed by atoms with van der Waals surface area (Å²) in [4.78, 5) is 6.78. The Morgan fingerprint density at radius 3 is 3.31 bits per heavy atom. The van der Waals surface area contributed by atoms with Gasteiger partial charge in [0.25, 0.3) is 0 Å². The second kappa shape index (κ2) is 4.35. The average molecular weight is 234 g/mol. The van der Waals surface area contributed by atoms with Crippen LogP contribution >= 0.6 is 11.3 Å². The molecule has 84 valence electrons. The highest BCUT2D eigenvalue weighted by atomic mass is 32.1. The quantitative estimate of drug-likeness (QED) is 0.881. The molecule has 1 aliphatic heterocycles. The summed E-state index contributed by atoms with van der Waals surface area (Å²) < 4.78 is 0. The highest BCUT2D eigenvalue weighted by molar-refractivity contribution is 7.07. The van der Waals surface area contributed by atoms with Gasteiger partial charge in [0.2, 0.25) is 0 Å². The average Bonchev–Trinajstić information content (AvgIpc) is 2.99. The molecule has 1 N–H and O–H groups in total. The standard InChI is InChI=1S/C11H14N4S/c1-3-13-14-11(1)9-2-4-15(5-9)6-10-7-16-8-12-10/h1,3,7-9H,2,4-6H2,(H,13,14)/t9-/m0/s1. The molecule has 2 aromatic heterocycles. The molecule has 0 saturated carbocycles. The number of likely N-dealkylation sites (tertiary alicyclic amines) is 1. The van der Waals surface area contributed by atoms with Gasteiger partial charge in [-0.15, -0.1) is 11.3 Å². The molecule has 4 nitrogen and oxygen atoms in total. The number of rotatable bonds is 3. The fourth-order valence-corrected chi connectivity index (χ4v) is 2.82. The molecule has 0 aromatic carbocycles. The van der Waals surface area contributed by atoms with Gasteiger partial charge in [0, 0.05) is 36.3 Å². The third-order valence-corrected chi connectivity index (χ3v) is 3.74. The topological polar surface area (TPSA) is 44.8 Å². The third kappa shape index (κ3) is 2.01. The number of aromatic nitrogens is 3. The number of hydrogen-bond donors (Lipinski definition) is 1. The van der Waals surface area contributed by atoms with Gasteiger partial charge in [-0.2, -0.15) is 5.10 Å². The molecule has 0 bridgehead atoms. The van der Waals surface area contributed by atoms with E-state index in [1.54, 1.807) is 11.3 Å². The SMILES string of the molecule is c1cc([C@H]2CCN(Cc3cscn3)C2)[nH]n1. The molecule has 0 radical (unpaired) electrons. The monoisotopic (exact) mass is 234 g/mol. The first-order valence-corrected chi connectivity index (χ1v) is 6.45. The van der Waals surface area contributed by atoms with Crippen LogP contribution in [0, 0.1) is 0 Å². The van der Waals surface area contributed by atoms with Crippen LogP contribution < -0.4 is 0 Å². The number of H-pyrrole nitrogens is 1. The van der Waals surface area contributed by atoms with E-state index in [1.165, 1.54) is 17.8 Å². The predicted octanol–water partition coefficient (Wildman–Crippen LogP) is 1.86. The van der Waals surface area contributed by atoms with Crippen molar-refractivity contribution < 1.29 is 0 Å². The minimum Gasteiger partial charge on any atom is -0.297 e. The molecule has 2 aromatic rings. The van der Waals surface area contributed by atoms with Crippen LogP contribution in [0.15, 0.2) is 23.2 Å². The first-order valence-electron chi connectivity index (χ1n) is 5.50. The Labute approximate surface area is 98.3 Å². The highest BCUT2D eigenvalue weighted by Crippen LogP contribution is 2.26. The molecule has 5 heteroatoms. The van der Waals surface area contributed by atoms with E-state index in [9.17, 15) is 0 Å². The smallest absolute Gasteiger partial charge is 0.0795 e.